The molecule has 116 valence electrons. The number of ether oxygens (including phenoxy) is 1. The molecule has 22 heavy (non-hydrogen) atoms. The van der Waals surface area contributed by atoms with Gasteiger partial charge in [-0.15, -0.1) is 11.3 Å². The van der Waals surface area contributed by atoms with Crippen molar-refractivity contribution >= 4 is 33.6 Å². The van der Waals surface area contributed by atoms with E-state index in [1.54, 1.807) is 11.3 Å². The van der Waals surface area contributed by atoms with Crippen molar-refractivity contribution in [3.8, 4) is 16.5 Å². The van der Waals surface area contributed by atoms with Crippen molar-refractivity contribution in [3.63, 3.8) is 0 Å². The summed E-state index contributed by atoms with van der Waals surface area (Å²) in [5.74, 6) is 1.76. The second kappa shape index (κ2) is 5.85. The molecule has 2 aromatic heterocycles. The van der Waals surface area contributed by atoms with E-state index in [-0.39, 0.29) is 6.10 Å². The first-order valence-electron chi connectivity index (χ1n) is 7.37. The van der Waals surface area contributed by atoms with Gasteiger partial charge in [-0.1, -0.05) is 12.1 Å². The van der Waals surface area contributed by atoms with Crippen LogP contribution in [-0.2, 0) is 6.54 Å². The number of nitrogens with one attached hydrogen (secondary N) is 1. The average Bonchev–Trinajstić information content (AvgIpc) is 3.00. The Bertz CT molecular complexity index is 873. The van der Waals surface area contributed by atoms with E-state index in [1.165, 1.54) is 15.6 Å². The van der Waals surface area contributed by atoms with Crippen molar-refractivity contribution in [2.24, 2.45) is 0 Å². The lowest BCUT2D eigenvalue weighted by Crippen LogP contribution is -2.07. The largest absolute Gasteiger partial charge is 0.489 e. The Balaban J connectivity index is 2.33. The number of rotatable bonds is 4. The second-order valence-electron chi connectivity index (χ2n) is 5.47. The summed E-state index contributed by atoms with van der Waals surface area (Å²) in [4.78, 5) is 1.03. The summed E-state index contributed by atoms with van der Waals surface area (Å²) in [5, 5.41) is 8.49. The topological polar surface area (TPSA) is 42.8 Å². The number of hydrogen-bond acceptors (Lipinski definition) is 4. The van der Waals surface area contributed by atoms with E-state index in [0.717, 1.165) is 23.0 Å². The number of nitrogens with zero attached hydrogens (tertiary/aromatic N) is 2. The molecule has 3 aromatic rings. The second-order valence-corrected chi connectivity index (χ2v) is 6.91. The molecule has 6 heteroatoms. The number of aromatic amines is 1. The Morgan fingerprint density at radius 1 is 1.41 bits per heavy atom. The van der Waals surface area contributed by atoms with E-state index in [4.69, 9.17) is 17.0 Å². The lowest BCUT2D eigenvalue weighted by Gasteiger charge is -2.12. The van der Waals surface area contributed by atoms with Gasteiger partial charge in [0, 0.05) is 16.6 Å². The summed E-state index contributed by atoms with van der Waals surface area (Å²) < 4.78 is 10.0. The van der Waals surface area contributed by atoms with Crippen LogP contribution in [0.15, 0.2) is 18.2 Å². The molecule has 0 aliphatic carbocycles. The summed E-state index contributed by atoms with van der Waals surface area (Å²) in [7, 11) is 0. The fraction of sp³-hybridized carbons (Fsp3) is 0.375. The molecule has 0 amide bonds. The van der Waals surface area contributed by atoms with Crippen molar-refractivity contribution in [2.75, 3.05) is 0 Å². The molecule has 0 aliphatic heterocycles. The Morgan fingerprint density at radius 3 is 2.86 bits per heavy atom. The molecule has 0 saturated carbocycles. The van der Waals surface area contributed by atoms with Crippen LogP contribution in [0.25, 0.3) is 20.8 Å². The molecule has 0 atom stereocenters. The maximum Gasteiger partial charge on any atom is 0.195 e. The van der Waals surface area contributed by atoms with Gasteiger partial charge in [0.2, 0.25) is 0 Å². The summed E-state index contributed by atoms with van der Waals surface area (Å²) in [6.07, 6.45) is 0.105. The van der Waals surface area contributed by atoms with Gasteiger partial charge in [-0.2, -0.15) is 5.10 Å². The summed E-state index contributed by atoms with van der Waals surface area (Å²) in [6.45, 7) is 9.04. The maximum absolute atomic E-state index is 6.15. The molecule has 2 heterocycles. The molecule has 0 spiro atoms. The number of thiophene rings is 1. The van der Waals surface area contributed by atoms with Crippen LogP contribution in [0.5, 0.6) is 5.75 Å². The van der Waals surface area contributed by atoms with E-state index in [1.807, 2.05) is 18.4 Å². The van der Waals surface area contributed by atoms with Gasteiger partial charge in [-0.3, -0.25) is 9.67 Å². The van der Waals surface area contributed by atoms with Gasteiger partial charge >= 0.3 is 0 Å². The normalized spacial score (nSPS) is 11.5. The average molecular weight is 333 g/mol. The molecule has 0 saturated heterocycles. The minimum Gasteiger partial charge on any atom is -0.489 e. The zero-order chi connectivity index (χ0) is 15.9. The van der Waals surface area contributed by atoms with Crippen LogP contribution in [0.3, 0.4) is 0 Å². The predicted molar refractivity (Wildman–Crippen MR) is 94.4 cm³/mol. The number of aromatic nitrogens is 3. The van der Waals surface area contributed by atoms with Crippen molar-refractivity contribution in [1.29, 1.82) is 0 Å². The van der Waals surface area contributed by atoms with Crippen molar-refractivity contribution in [2.45, 2.75) is 40.3 Å². The number of fused-ring (bicyclic) bond motifs is 1. The first-order chi connectivity index (χ1) is 10.5. The molecular formula is C16H19N3OS2. The Hall–Kier alpha value is -1.66. The van der Waals surface area contributed by atoms with Crippen LogP contribution < -0.4 is 4.74 Å². The Kier molecular flexibility index (Phi) is 4.06. The highest BCUT2D eigenvalue weighted by molar-refractivity contribution is 7.71. The van der Waals surface area contributed by atoms with Crippen LogP contribution in [0.1, 0.15) is 26.3 Å². The van der Waals surface area contributed by atoms with Gasteiger partial charge in [-0.05, 0) is 51.5 Å². The van der Waals surface area contributed by atoms with Gasteiger partial charge in [-0.25, -0.2) is 0 Å². The van der Waals surface area contributed by atoms with E-state index in [2.05, 4.69) is 42.2 Å². The van der Waals surface area contributed by atoms with Crippen LogP contribution in [0.4, 0.5) is 0 Å². The first kappa shape index (κ1) is 15.2. The van der Waals surface area contributed by atoms with Crippen LogP contribution >= 0.6 is 23.6 Å². The Morgan fingerprint density at radius 2 is 2.18 bits per heavy atom. The number of benzene rings is 1. The number of H-pyrrole nitrogens is 1. The summed E-state index contributed by atoms with van der Waals surface area (Å²) in [5.41, 5.74) is 1.22. The Labute approximate surface area is 138 Å². The highest BCUT2D eigenvalue weighted by Gasteiger charge is 2.21. The quantitative estimate of drug-likeness (QED) is 0.688. The predicted octanol–water partition coefficient (Wildman–Crippen LogP) is 4.94. The summed E-state index contributed by atoms with van der Waals surface area (Å²) in [6, 6.07) is 6.32. The van der Waals surface area contributed by atoms with E-state index < -0.39 is 0 Å². The fourth-order valence-electron chi connectivity index (χ4n) is 2.57. The SMILES string of the molecule is CCn1c(-c2sc3cccc(C)c3c2OC(C)C)n[nH]c1=S. The van der Waals surface area contributed by atoms with Gasteiger partial charge in [0.25, 0.3) is 0 Å². The van der Waals surface area contributed by atoms with Crippen LogP contribution in [-0.4, -0.2) is 20.9 Å². The van der Waals surface area contributed by atoms with Gasteiger partial charge in [0.1, 0.15) is 10.6 Å². The molecule has 3 rings (SSSR count). The minimum absolute atomic E-state index is 0.105. The van der Waals surface area contributed by atoms with Crippen molar-refractivity contribution in [1.82, 2.24) is 14.8 Å². The molecule has 0 radical (unpaired) electrons. The van der Waals surface area contributed by atoms with Crippen molar-refractivity contribution in [3.05, 3.63) is 28.5 Å². The van der Waals surface area contributed by atoms with E-state index in [0.29, 0.717) is 4.77 Å². The lowest BCUT2D eigenvalue weighted by molar-refractivity contribution is 0.247. The summed E-state index contributed by atoms with van der Waals surface area (Å²) >= 11 is 7.02. The highest BCUT2D eigenvalue weighted by Crippen LogP contribution is 2.45. The maximum atomic E-state index is 6.15. The monoisotopic (exact) mass is 333 g/mol. The third-order valence-corrected chi connectivity index (χ3v) is 4.95. The third-order valence-electron chi connectivity index (χ3n) is 3.51. The molecule has 0 aliphatic rings. The van der Waals surface area contributed by atoms with E-state index in [9.17, 15) is 0 Å². The minimum atomic E-state index is 0.105. The first-order valence-corrected chi connectivity index (χ1v) is 8.59. The molecule has 1 N–H and O–H groups in total. The van der Waals surface area contributed by atoms with Gasteiger partial charge in [0.05, 0.1) is 6.10 Å². The number of hydrogen-bond donors (Lipinski definition) is 1. The molecule has 0 bridgehead atoms. The van der Waals surface area contributed by atoms with Gasteiger partial charge in [0.15, 0.2) is 10.6 Å². The van der Waals surface area contributed by atoms with Crippen LogP contribution in [0, 0.1) is 11.7 Å². The molecule has 4 nitrogen and oxygen atoms in total. The lowest BCUT2D eigenvalue weighted by atomic mass is 10.1. The number of aryl methyl sites for hydroxylation is 1. The van der Waals surface area contributed by atoms with Gasteiger partial charge < -0.3 is 4.74 Å². The highest BCUT2D eigenvalue weighted by atomic mass is 32.1. The fourth-order valence-corrected chi connectivity index (χ4v) is 4.04. The van der Waals surface area contributed by atoms with Crippen molar-refractivity contribution < 1.29 is 4.74 Å². The molecule has 1 aromatic carbocycles. The molecular weight excluding hydrogens is 314 g/mol. The van der Waals surface area contributed by atoms with Crippen LogP contribution in [0.2, 0.25) is 0 Å². The zero-order valence-corrected chi connectivity index (χ0v) is 14.8. The smallest absolute Gasteiger partial charge is 0.195 e. The molecule has 0 unspecified atom stereocenters. The third kappa shape index (κ3) is 2.46. The zero-order valence-electron chi connectivity index (χ0n) is 13.1. The van der Waals surface area contributed by atoms with E-state index >= 15 is 0 Å². The standard InChI is InChI=1S/C16H19N3OS2/c1-5-19-15(17-18-16(19)21)14-13(20-9(2)3)12-10(4)7-6-8-11(12)22-14/h6-9H,5H2,1-4H3,(H,18,21). The molecule has 0 fully saturated rings.